The smallest absolute Gasteiger partial charge is 0.207 e. The Labute approximate surface area is 124 Å². The van der Waals surface area contributed by atoms with Crippen molar-refractivity contribution in [2.75, 3.05) is 0 Å². The SMILES string of the molecule is Cc1ccccc1[C@@H](C)NS(=O)(=O)c1ccc(Cl)cc1. The molecule has 0 saturated heterocycles. The van der Waals surface area contributed by atoms with Crippen molar-refractivity contribution in [2.24, 2.45) is 0 Å². The molecule has 0 aliphatic rings. The monoisotopic (exact) mass is 309 g/mol. The normalized spacial score (nSPS) is 13.2. The molecule has 1 N–H and O–H groups in total. The maximum absolute atomic E-state index is 12.3. The number of benzene rings is 2. The molecule has 1 atom stereocenters. The molecule has 2 aromatic rings. The third kappa shape index (κ3) is 3.39. The second kappa shape index (κ2) is 5.95. The van der Waals surface area contributed by atoms with Gasteiger partial charge in [-0.05, 0) is 49.2 Å². The third-order valence-corrected chi connectivity index (χ3v) is 4.92. The zero-order valence-corrected chi connectivity index (χ0v) is 12.9. The van der Waals surface area contributed by atoms with Gasteiger partial charge in [-0.1, -0.05) is 35.9 Å². The Hall–Kier alpha value is -1.36. The van der Waals surface area contributed by atoms with E-state index in [1.807, 2.05) is 38.1 Å². The second-order valence-corrected chi connectivity index (χ2v) is 6.80. The van der Waals surface area contributed by atoms with E-state index in [4.69, 9.17) is 11.6 Å². The van der Waals surface area contributed by atoms with E-state index in [9.17, 15) is 8.42 Å². The van der Waals surface area contributed by atoms with Crippen LogP contribution in [0.4, 0.5) is 0 Å². The van der Waals surface area contributed by atoms with Gasteiger partial charge in [0.15, 0.2) is 0 Å². The van der Waals surface area contributed by atoms with E-state index >= 15 is 0 Å². The van der Waals surface area contributed by atoms with Crippen LogP contribution >= 0.6 is 11.6 Å². The summed E-state index contributed by atoms with van der Waals surface area (Å²) in [5.41, 5.74) is 2.02. The van der Waals surface area contributed by atoms with E-state index in [1.54, 1.807) is 12.1 Å². The van der Waals surface area contributed by atoms with Gasteiger partial charge in [-0.3, -0.25) is 0 Å². The van der Waals surface area contributed by atoms with Crippen molar-refractivity contribution < 1.29 is 8.42 Å². The Morgan fingerprint density at radius 1 is 1.05 bits per heavy atom. The third-order valence-electron chi connectivity index (χ3n) is 3.11. The van der Waals surface area contributed by atoms with Crippen LogP contribution in [0.2, 0.25) is 5.02 Å². The first-order valence-corrected chi connectivity index (χ1v) is 8.10. The van der Waals surface area contributed by atoms with Crippen LogP contribution in [-0.4, -0.2) is 8.42 Å². The molecular formula is C15H16ClNO2S. The fourth-order valence-electron chi connectivity index (χ4n) is 2.05. The number of aryl methyl sites for hydroxylation is 1. The van der Waals surface area contributed by atoms with Gasteiger partial charge in [0.05, 0.1) is 4.90 Å². The Morgan fingerprint density at radius 2 is 1.65 bits per heavy atom. The molecule has 0 aliphatic carbocycles. The number of nitrogens with one attached hydrogen (secondary N) is 1. The van der Waals surface area contributed by atoms with Crippen molar-refractivity contribution in [1.29, 1.82) is 0 Å². The largest absolute Gasteiger partial charge is 0.241 e. The first-order valence-electron chi connectivity index (χ1n) is 6.23. The molecule has 0 bridgehead atoms. The van der Waals surface area contributed by atoms with E-state index < -0.39 is 10.0 Å². The number of hydrogen-bond acceptors (Lipinski definition) is 2. The van der Waals surface area contributed by atoms with E-state index in [0.29, 0.717) is 5.02 Å². The van der Waals surface area contributed by atoms with Gasteiger partial charge in [-0.15, -0.1) is 0 Å². The van der Waals surface area contributed by atoms with Crippen molar-refractivity contribution >= 4 is 21.6 Å². The molecule has 0 saturated carbocycles. The number of rotatable bonds is 4. The maximum atomic E-state index is 12.3. The predicted octanol–water partition coefficient (Wildman–Crippen LogP) is 3.69. The standard InChI is InChI=1S/C15H16ClNO2S/c1-11-5-3-4-6-15(11)12(2)17-20(18,19)14-9-7-13(16)8-10-14/h3-10,12,17H,1-2H3/t12-/m1/s1. The highest BCUT2D eigenvalue weighted by atomic mass is 35.5. The molecule has 20 heavy (non-hydrogen) atoms. The summed E-state index contributed by atoms with van der Waals surface area (Å²) in [5.74, 6) is 0. The molecule has 0 fully saturated rings. The number of halogens is 1. The van der Waals surface area contributed by atoms with Gasteiger partial charge in [0.25, 0.3) is 0 Å². The lowest BCUT2D eigenvalue weighted by atomic mass is 10.0. The van der Waals surface area contributed by atoms with Gasteiger partial charge in [0, 0.05) is 11.1 Å². The van der Waals surface area contributed by atoms with Crippen molar-refractivity contribution in [1.82, 2.24) is 4.72 Å². The Kier molecular flexibility index (Phi) is 4.48. The zero-order valence-electron chi connectivity index (χ0n) is 11.3. The van der Waals surface area contributed by atoms with E-state index in [-0.39, 0.29) is 10.9 Å². The minimum atomic E-state index is -3.55. The fourth-order valence-corrected chi connectivity index (χ4v) is 3.40. The molecule has 3 nitrogen and oxygen atoms in total. The van der Waals surface area contributed by atoms with Crippen LogP contribution in [0.5, 0.6) is 0 Å². The van der Waals surface area contributed by atoms with Crippen LogP contribution in [-0.2, 0) is 10.0 Å². The van der Waals surface area contributed by atoms with Gasteiger partial charge in [-0.2, -0.15) is 0 Å². The van der Waals surface area contributed by atoms with Gasteiger partial charge in [0.2, 0.25) is 10.0 Å². The average Bonchev–Trinajstić information content (AvgIpc) is 2.39. The van der Waals surface area contributed by atoms with Gasteiger partial charge < -0.3 is 0 Å². The zero-order chi connectivity index (χ0) is 14.8. The molecule has 0 aliphatic heterocycles. The molecule has 0 spiro atoms. The maximum Gasteiger partial charge on any atom is 0.241 e. The second-order valence-electron chi connectivity index (χ2n) is 4.65. The molecular weight excluding hydrogens is 294 g/mol. The number of hydrogen-bond donors (Lipinski definition) is 1. The first-order chi connectivity index (χ1) is 9.40. The minimum absolute atomic E-state index is 0.210. The summed E-state index contributed by atoms with van der Waals surface area (Å²) in [6.07, 6.45) is 0. The van der Waals surface area contributed by atoms with Gasteiger partial charge in [0.1, 0.15) is 0 Å². The van der Waals surface area contributed by atoms with Crippen molar-refractivity contribution in [3.63, 3.8) is 0 Å². The van der Waals surface area contributed by atoms with Gasteiger partial charge >= 0.3 is 0 Å². The lowest BCUT2D eigenvalue weighted by Gasteiger charge is -2.16. The highest BCUT2D eigenvalue weighted by molar-refractivity contribution is 7.89. The molecule has 0 heterocycles. The summed E-state index contributed by atoms with van der Waals surface area (Å²) < 4.78 is 27.2. The van der Waals surface area contributed by atoms with Crippen LogP contribution in [0.1, 0.15) is 24.1 Å². The molecule has 0 radical (unpaired) electrons. The summed E-state index contributed by atoms with van der Waals surface area (Å²) in [6, 6.07) is 13.5. The summed E-state index contributed by atoms with van der Waals surface area (Å²) in [4.78, 5) is 0.210. The Morgan fingerprint density at radius 3 is 2.25 bits per heavy atom. The van der Waals surface area contributed by atoms with Crippen molar-refractivity contribution in [3.05, 3.63) is 64.7 Å². The van der Waals surface area contributed by atoms with Crippen LogP contribution in [0.15, 0.2) is 53.4 Å². The summed E-state index contributed by atoms with van der Waals surface area (Å²) in [6.45, 7) is 3.79. The summed E-state index contributed by atoms with van der Waals surface area (Å²) >= 11 is 5.77. The Balaban J connectivity index is 2.24. The van der Waals surface area contributed by atoms with Crippen molar-refractivity contribution in [3.8, 4) is 0 Å². The lowest BCUT2D eigenvalue weighted by Crippen LogP contribution is -2.27. The number of sulfonamides is 1. The van der Waals surface area contributed by atoms with Gasteiger partial charge in [-0.25, -0.2) is 13.1 Å². The molecule has 2 aromatic carbocycles. The molecule has 0 aromatic heterocycles. The molecule has 5 heteroatoms. The quantitative estimate of drug-likeness (QED) is 0.936. The minimum Gasteiger partial charge on any atom is -0.207 e. The van der Waals surface area contributed by atoms with Crippen molar-refractivity contribution in [2.45, 2.75) is 24.8 Å². The Bertz CT molecular complexity index is 696. The molecule has 2 rings (SSSR count). The van der Waals surface area contributed by atoms with Crippen LogP contribution in [0.3, 0.4) is 0 Å². The van der Waals surface area contributed by atoms with Crippen LogP contribution in [0.25, 0.3) is 0 Å². The summed E-state index contributed by atoms with van der Waals surface area (Å²) in [5, 5.41) is 0.510. The predicted molar refractivity (Wildman–Crippen MR) is 81.4 cm³/mol. The fraction of sp³-hybridized carbons (Fsp3) is 0.200. The van der Waals surface area contributed by atoms with E-state index in [1.165, 1.54) is 12.1 Å². The van der Waals surface area contributed by atoms with E-state index in [2.05, 4.69) is 4.72 Å². The van der Waals surface area contributed by atoms with E-state index in [0.717, 1.165) is 11.1 Å². The average molecular weight is 310 g/mol. The molecule has 0 unspecified atom stereocenters. The summed E-state index contributed by atoms with van der Waals surface area (Å²) in [7, 11) is -3.55. The van der Waals surface area contributed by atoms with Crippen LogP contribution in [0, 0.1) is 6.92 Å². The highest BCUT2D eigenvalue weighted by Gasteiger charge is 2.18. The lowest BCUT2D eigenvalue weighted by molar-refractivity contribution is 0.566. The topological polar surface area (TPSA) is 46.2 Å². The van der Waals surface area contributed by atoms with Crippen LogP contribution < -0.4 is 4.72 Å². The molecule has 106 valence electrons. The molecule has 0 amide bonds. The first kappa shape index (κ1) is 15.0. The highest BCUT2D eigenvalue weighted by Crippen LogP contribution is 2.20.